The number of thioether (sulfide) groups is 1. The molecule has 1 saturated heterocycles. The minimum absolute atomic E-state index is 0.0782. The summed E-state index contributed by atoms with van der Waals surface area (Å²) in [6.45, 7) is 4.36. The quantitative estimate of drug-likeness (QED) is 0.283. The van der Waals surface area contributed by atoms with E-state index in [1.807, 2.05) is 46.2 Å². The predicted octanol–water partition coefficient (Wildman–Crippen LogP) is 6.10. The molecule has 7 nitrogen and oxygen atoms in total. The second-order valence-electron chi connectivity index (χ2n) is 10.3. The van der Waals surface area contributed by atoms with Gasteiger partial charge in [-0.05, 0) is 67.1 Å². The van der Waals surface area contributed by atoms with Crippen molar-refractivity contribution in [2.24, 2.45) is 5.92 Å². The third-order valence-corrected chi connectivity index (χ3v) is 9.75. The van der Waals surface area contributed by atoms with Gasteiger partial charge in [0.05, 0.1) is 27.1 Å². The molecule has 0 aliphatic carbocycles. The summed E-state index contributed by atoms with van der Waals surface area (Å²) in [6.07, 6.45) is 2.85. The van der Waals surface area contributed by atoms with Crippen molar-refractivity contribution >= 4 is 62.4 Å². The molecule has 6 rings (SSSR count). The molecule has 4 aromatic rings. The van der Waals surface area contributed by atoms with E-state index in [1.54, 1.807) is 24.3 Å². The van der Waals surface area contributed by atoms with E-state index in [-0.39, 0.29) is 17.7 Å². The number of likely N-dealkylation sites (tertiary alicyclic amines) is 1. The molecule has 0 radical (unpaired) electrons. The maximum Gasteiger partial charge on any atom is 0.256 e. The number of thiazole rings is 1. The number of hydrogen-bond acceptors (Lipinski definition) is 6. The van der Waals surface area contributed by atoms with Crippen molar-refractivity contribution < 1.29 is 14.4 Å². The molecule has 3 amide bonds. The maximum absolute atomic E-state index is 13.3. The summed E-state index contributed by atoms with van der Waals surface area (Å²) in [5, 5.41) is 2.96. The third-order valence-electron chi connectivity index (χ3n) is 7.61. The highest BCUT2D eigenvalue weighted by molar-refractivity contribution is 8.01. The lowest BCUT2D eigenvalue weighted by atomic mass is 9.97. The van der Waals surface area contributed by atoms with E-state index in [2.05, 4.69) is 23.3 Å². The van der Waals surface area contributed by atoms with Crippen LogP contribution < -0.4 is 10.2 Å². The molecule has 0 spiro atoms. The Hall–Kier alpha value is -3.69. The van der Waals surface area contributed by atoms with E-state index in [0.29, 0.717) is 35.0 Å². The first-order valence-electron chi connectivity index (χ1n) is 13.6. The molecule has 0 atom stereocenters. The van der Waals surface area contributed by atoms with Gasteiger partial charge in [-0.3, -0.25) is 14.4 Å². The number of nitrogens with one attached hydrogen (secondary N) is 1. The largest absolute Gasteiger partial charge is 0.339 e. The van der Waals surface area contributed by atoms with Gasteiger partial charge in [-0.1, -0.05) is 49.0 Å². The van der Waals surface area contributed by atoms with Crippen LogP contribution >= 0.6 is 23.1 Å². The fourth-order valence-corrected chi connectivity index (χ4v) is 7.27. The van der Waals surface area contributed by atoms with Crippen molar-refractivity contribution in [2.45, 2.75) is 30.5 Å². The zero-order valence-corrected chi connectivity index (χ0v) is 23.9. The molecule has 2 aliphatic rings. The van der Waals surface area contributed by atoms with E-state index in [0.717, 1.165) is 52.6 Å². The van der Waals surface area contributed by atoms with Crippen LogP contribution in [0, 0.1) is 5.92 Å². The Morgan fingerprint density at radius 2 is 1.73 bits per heavy atom. The van der Waals surface area contributed by atoms with Crippen LogP contribution in [-0.4, -0.2) is 53.0 Å². The number of anilines is 2. The Morgan fingerprint density at radius 3 is 2.55 bits per heavy atom. The topological polar surface area (TPSA) is 82.6 Å². The first kappa shape index (κ1) is 26.5. The number of hydrogen-bond donors (Lipinski definition) is 1. The molecule has 1 N–H and O–H groups in total. The SMILES string of the molecule is CC1CCN(C(=O)c2ccccc2C(=O)Nc2ccc3nc(SCC(=O)N4CCc5ccccc54)sc3c2)CC1. The highest BCUT2D eigenvalue weighted by Gasteiger charge is 2.26. The molecule has 3 heterocycles. The molecule has 0 saturated carbocycles. The molecule has 1 fully saturated rings. The van der Waals surface area contributed by atoms with Crippen LogP contribution in [0.15, 0.2) is 71.1 Å². The van der Waals surface area contributed by atoms with Crippen molar-refractivity contribution in [1.29, 1.82) is 0 Å². The molecule has 0 unspecified atom stereocenters. The van der Waals surface area contributed by atoms with Gasteiger partial charge in [0.1, 0.15) is 0 Å². The van der Waals surface area contributed by atoms with Gasteiger partial charge < -0.3 is 15.1 Å². The van der Waals surface area contributed by atoms with Crippen LogP contribution in [0.2, 0.25) is 0 Å². The fraction of sp³-hybridized carbons (Fsp3) is 0.290. The second kappa shape index (κ2) is 11.4. The van der Waals surface area contributed by atoms with Gasteiger partial charge >= 0.3 is 0 Å². The van der Waals surface area contributed by atoms with Gasteiger partial charge in [-0.2, -0.15) is 0 Å². The molecule has 9 heteroatoms. The van der Waals surface area contributed by atoms with Gasteiger partial charge in [0.15, 0.2) is 4.34 Å². The number of para-hydroxylation sites is 1. The standard InChI is InChI=1S/C31H30N4O3S2/c1-20-12-15-34(16-13-20)30(38)24-8-4-3-7-23(24)29(37)32-22-10-11-25-27(18-22)40-31(33-25)39-19-28(36)35-17-14-21-6-2-5-9-26(21)35/h2-11,18,20H,12-17,19H2,1H3,(H,32,37). The fourth-order valence-electron chi connectivity index (χ4n) is 5.29. The van der Waals surface area contributed by atoms with E-state index in [9.17, 15) is 14.4 Å². The number of benzene rings is 3. The van der Waals surface area contributed by atoms with Gasteiger partial charge in [0.2, 0.25) is 5.91 Å². The first-order valence-corrected chi connectivity index (χ1v) is 15.4. The Balaban J connectivity index is 1.12. The number of fused-ring (bicyclic) bond motifs is 2. The minimum atomic E-state index is -0.315. The first-order chi connectivity index (χ1) is 19.5. The molecule has 40 heavy (non-hydrogen) atoms. The van der Waals surface area contributed by atoms with Crippen molar-refractivity contribution in [1.82, 2.24) is 9.88 Å². The average molecular weight is 571 g/mol. The highest BCUT2D eigenvalue weighted by atomic mass is 32.2. The maximum atomic E-state index is 13.3. The lowest BCUT2D eigenvalue weighted by Crippen LogP contribution is -2.38. The Labute approximate surface area is 241 Å². The zero-order valence-electron chi connectivity index (χ0n) is 22.3. The van der Waals surface area contributed by atoms with E-state index < -0.39 is 0 Å². The number of carbonyl (C=O) groups excluding carboxylic acids is 3. The summed E-state index contributed by atoms with van der Waals surface area (Å²) in [4.78, 5) is 47.8. The van der Waals surface area contributed by atoms with Crippen molar-refractivity contribution in [3.63, 3.8) is 0 Å². The number of rotatable bonds is 6. The monoisotopic (exact) mass is 570 g/mol. The molecule has 2 aliphatic heterocycles. The number of amides is 3. The lowest BCUT2D eigenvalue weighted by molar-refractivity contribution is -0.116. The van der Waals surface area contributed by atoms with Crippen LogP contribution in [-0.2, 0) is 11.2 Å². The smallest absolute Gasteiger partial charge is 0.256 e. The number of aromatic nitrogens is 1. The third kappa shape index (κ3) is 5.48. The Bertz CT molecular complexity index is 1590. The van der Waals surface area contributed by atoms with E-state index in [4.69, 9.17) is 0 Å². The number of piperidine rings is 1. The summed E-state index contributed by atoms with van der Waals surface area (Å²) in [5.74, 6) is 0.604. The summed E-state index contributed by atoms with van der Waals surface area (Å²) in [6, 6.07) is 20.6. The van der Waals surface area contributed by atoms with Crippen LogP contribution in [0.4, 0.5) is 11.4 Å². The van der Waals surface area contributed by atoms with Crippen LogP contribution in [0.1, 0.15) is 46.0 Å². The molecule has 3 aromatic carbocycles. The molecular weight excluding hydrogens is 541 g/mol. The average Bonchev–Trinajstić information content (AvgIpc) is 3.60. The highest BCUT2D eigenvalue weighted by Crippen LogP contribution is 2.33. The Kier molecular flexibility index (Phi) is 7.58. The summed E-state index contributed by atoms with van der Waals surface area (Å²) in [7, 11) is 0. The molecular formula is C31H30N4O3S2. The summed E-state index contributed by atoms with van der Waals surface area (Å²) in [5.41, 5.74) is 4.47. The van der Waals surface area contributed by atoms with Gasteiger partial charge in [0.25, 0.3) is 11.8 Å². The van der Waals surface area contributed by atoms with Gasteiger partial charge in [-0.15, -0.1) is 11.3 Å². The van der Waals surface area contributed by atoms with Gasteiger partial charge in [-0.25, -0.2) is 4.98 Å². The van der Waals surface area contributed by atoms with Crippen LogP contribution in [0.3, 0.4) is 0 Å². The number of carbonyl (C=O) groups is 3. The zero-order chi connectivity index (χ0) is 27.6. The van der Waals surface area contributed by atoms with Gasteiger partial charge in [0, 0.05) is 31.0 Å². The van der Waals surface area contributed by atoms with Crippen molar-refractivity contribution in [3.05, 3.63) is 83.4 Å². The molecule has 204 valence electrons. The Morgan fingerprint density at radius 1 is 0.975 bits per heavy atom. The second-order valence-corrected chi connectivity index (χ2v) is 12.6. The minimum Gasteiger partial charge on any atom is -0.339 e. The van der Waals surface area contributed by atoms with Crippen molar-refractivity contribution in [3.8, 4) is 0 Å². The molecule has 1 aromatic heterocycles. The summed E-state index contributed by atoms with van der Waals surface area (Å²) < 4.78 is 1.73. The van der Waals surface area contributed by atoms with Crippen LogP contribution in [0.25, 0.3) is 10.2 Å². The van der Waals surface area contributed by atoms with Crippen LogP contribution in [0.5, 0.6) is 0 Å². The normalized spacial score (nSPS) is 15.3. The summed E-state index contributed by atoms with van der Waals surface area (Å²) >= 11 is 2.94. The number of nitrogens with zero attached hydrogens (tertiary/aromatic N) is 3. The lowest BCUT2D eigenvalue weighted by Gasteiger charge is -2.30. The van der Waals surface area contributed by atoms with E-state index in [1.165, 1.54) is 28.7 Å². The van der Waals surface area contributed by atoms with Crippen molar-refractivity contribution in [2.75, 3.05) is 35.6 Å². The predicted molar refractivity (Wildman–Crippen MR) is 162 cm³/mol. The molecule has 0 bridgehead atoms. The van der Waals surface area contributed by atoms with E-state index >= 15 is 0 Å².